The number of pyridine rings is 1. The lowest BCUT2D eigenvalue weighted by Crippen LogP contribution is -2.50. The van der Waals surface area contributed by atoms with Crippen LogP contribution in [0.25, 0.3) is 0 Å². The van der Waals surface area contributed by atoms with E-state index in [1.807, 2.05) is 7.05 Å². The largest absolute Gasteiger partial charge is 0.351 e. The van der Waals surface area contributed by atoms with Crippen molar-refractivity contribution in [3.05, 3.63) is 23.6 Å². The van der Waals surface area contributed by atoms with Gasteiger partial charge in [0.25, 0.3) is 0 Å². The van der Waals surface area contributed by atoms with Crippen molar-refractivity contribution in [3.8, 4) is 0 Å². The molecule has 0 radical (unpaired) electrons. The van der Waals surface area contributed by atoms with Crippen LogP contribution in [-0.4, -0.2) is 49.2 Å². The molecule has 1 aromatic heterocycles. The maximum absolute atomic E-state index is 14.4. The van der Waals surface area contributed by atoms with Crippen molar-refractivity contribution in [2.75, 3.05) is 38.1 Å². The summed E-state index contributed by atoms with van der Waals surface area (Å²) < 4.78 is 14.4. The lowest BCUT2D eigenvalue weighted by molar-refractivity contribution is 0.229. The molecule has 3 heterocycles. The number of hydrogen-bond donors (Lipinski definition) is 1. The smallest absolute Gasteiger partial charge is 0.170 e. The number of rotatable bonds is 3. The van der Waals surface area contributed by atoms with Crippen molar-refractivity contribution >= 4 is 5.82 Å². The van der Waals surface area contributed by atoms with Crippen molar-refractivity contribution < 1.29 is 4.39 Å². The van der Waals surface area contributed by atoms with Gasteiger partial charge in [0, 0.05) is 44.0 Å². The summed E-state index contributed by atoms with van der Waals surface area (Å²) in [4.78, 5) is 8.90. The molecule has 5 heteroatoms. The van der Waals surface area contributed by atoms with Gasteiger partial charge >= 0.3 is 0 Å². The third-order valence-corrected chi connectivity index (χ3v) is 4.20. The van der Waals surface area contributed by atoms with Crippen LogP contribution in [0.3, 0.4) is 0 Å². The molecule has 2 fully saturated rings. The normalized spacial score (nSPS) is 23.7. The van der Waals surface area contributed by atoms with Gasteiger partial charge in [-0.25, -0.2) is 9.37 Å². The lowest BCUT2D eigenvalue weighted by Gasteiger charge is -2.38. The Morgan fingerprint density at radius 2 is 2.32 bits per heavy atom. The minimum Gasteiger partial charge on any atom is -0.351 e. The standard InChI is InChI=1S/C14H21FN4/c1-16-9-11-4-5-17-14(13(11)15)19-8-7-18-6-2-3-12(18)10-19/h4-5,12,16H,2-3,6-10H2,1H3. The maximum atomic E-state index is 14.4. The van der Waals surface area contributed by atoms with Gasteiger partial charge in [0.1, 0.15) is 0 Å². The van der Waals surface area contributed by atoms with E-state index in [0.717, 1.165) is 19.6 Å². The molecule has 0 saturated carbocycles. The Bertz CT molecular complexity index is 451. The molecule has 1 N–H and O–H groups in total. The number of aromatic nitrogens is 1. The van der Waals surface area contributed by atoms with Crippen LogP contribution in [0.2, 0.25) is 0 Å². The molecule has 2 aliphatic heterocycles. The topological polar surface area (TPSA) is 31.4 Å². The van der Waals surface area contributed by atoms with E-state index in [0.29, 0.717) is 24.0 Å². The van der Waals surface area contributed by atoms with Crippen molar-refractivity contribution in [2.45, 2.75) is 25.4 Å². The number of piperazine rings is 1. The number of halogens is 1. The van der Waals surface area contributed by atoms with Crippen LogP contribution in [-0.2, 0) is 6.54 Å². The van der Waals surface area contributed by atoms with Crippen molar-refractivity contribution in [3.63, 3.8) is 0 Å². The molecule has 104 valence electrons. The second-order valence-electron chi connectivity index (χ2n) is 5.42. The number of nitrogens with zero attached hydrogens (tertiary/aromatic N) is 3. The second-order valence-corrected chi connectivity index (χ2v) is 5.42. The highest BCUT2D eigenvalue weighted by molar-refractivity contribution is 5.44. The SMILES string of the molecule is CNCc1ccnc(N2CCN3CCCC3C2)c1F. The van der Waals surface area contributed by atoms with Gasteiger partial charge in [0.2, 0.25) is 0 Å². The zero-order chi connectivity index (χ0) is 13.2. The third-order valence-electron chi connectivity index (χ3n) is 4.20. The number of anilines is 1. The number of nitrogens with one attached hydrogen (secondary N) is 1. The summed E-state index contributed by atoms with van der Waals surface area (Å²) >= 11 is 0. The van der Waals surface area contributed by atoms with E-state index < -0.39 is 0 Å². The van der Waals surface area contributed by atoms with Crippen LogP contribution < -0.4 is 10.2 Å². The first kappa shape index (κ1) is 12.8. The average molecular weight is 264 g/mol. The van der Waals surface area contributed by atoms with E-state index in [4.69, 9.17) is 0 Å². The van der Waals surface area contributed by atoms with Gasteiger partial charge < -0.3 is 10.2 Å². The molecule has 0 bridgehead atoms. The molecule has 2 saturated heterocycles. The molecule has 1 atom stereocenters. The zero-order valence-electron chi connectivity index (χ0n) is 11.4. The van der Waals surface area contributed by atoms with E-state index in [-0.39, 0.29) is 5.82 Å². The van der Waals surface area contributed by atoms with Crippen LogP contribution in [0.4, 0.5) is 10.2 Å². The Labute approximate surface area is 113 Å². The minimum atomic E-state index is -0.164. The van der Waals surface area contributed by atoms with E-state index in [1.165, 1.54) is 19.4 Å². The van der Waals surface area contributed by atoms with Crippen LogP contribution in [0.15, 0.2) is 12.3 Å². The van der Waals surface area contributed by atoms with Crippen LogP contribution in [0.5, 0.6) is 0 Å². The second kappa shape index (κ2) is 5.43. The first-order chi connectivity index (χ1) is 9.29. The molecule has 0 amide bonds. The molecule has 0 aliphatic carbocycles. The first-order valence-corrected chi connectivity index (χ1v) is 7.06. The minimum absolute atomic E-state index is 0.164. The third kappa shape index (κ3) is 2.44. The summed E-state index contributed by atoms with van der Waals surface area (Å²) in [6, 6.07) is 2.34. The number of hydrogen-bond acceptors (Lipinski definition) is 4. The fourth-order valence-electron chi connectivity index (χ4n) is 3.20. The summed E-state index contributed by atoms with van der Waals surface area (Å²) in [6.07, 6.45) is 4.22. The van der Waals surface area contributed by atoms with Gasteiger partial charge in [-0.05, 0) is 32.5 Å². The quantitative estimate of drug-likeness (QED) is 0.889. The summed E-state index contributed by atoms with van der Waals surface area (Å²) in [7, 11) is 1.83. The Balaban J connectivity index is 1.80. The lowest BCUT2D eigenvalue weighted by atomic mass is 10.1. The Morgan fingerprint density at radius 1 is 1.42 bits per heavy atom. The monoisotopic (exact) mass is 264 g/mol. The van der Waals surface area contributed by atoms with Gasteiger partial charge in [0.15, 0.2) is 11.6 Å². The van der Waals surface area contributed by atoms with Crippen LogP contribution >= 0.6 is 0 Å². The summed E-state index contributed by atoms with van der Waals surface area (Å²) in [6.45, 7) is 4.57. The molecule has 1 aromatic rings. The van der Waals surface area contributed by atoms with Crippen LogP contribution in [0.1, 0.15) is 18.4 Å². The predicted octanol–water partition coefficient (Wildman–Crippen LogP) is 1.22. The molecule has 0 aromatic carbocycles. The predicted molar refractivity (Wildman–Crippen MR) is 73.8 cm³/mol. The Morgan fingerprint density at radius 3 is 3.16 bits per heavy atom. The van der Waals surface area contributed by atoms with Gasteiger partial charge in [-0.15, -0.1) is 0 Å². The van der Waals surface area contributed by atoms with E-state index in [9.17, 15) is 4.39 Å². The van der Waals surface area contributed by atoms with Gasteiger partial charge in [0.05, 0.1) is 0 Å². The van der Waals surface area contributed by atoms with Crippen molar-refractivity contribution in [1.82, 2.24) is 15.2 Å². The highest BCUT2D eigenvalue weighted by Gasteiger charge is 2.32. The zero-order valence-corrected chi connectivity index (χ0v) is 11.4. The van der Waals surface area contributed by atoms with E-state index >= 15 is 0 Å². The fraction of sp³-hybridized carbons (Fsp3) is 0.643. The van der Waals surface area contributed by atoms with E-state index in [2.05, 4.69) is 20.1 Å². The molecule has 0 spiro atoms. The average Bonchev–Trinajstić information content (AvgIpc) is 2.88. The Hall–Kier alpha value is -1.20. The molecule has 19 heavy (non-hydrogen) atoms. The molecular formula is C14H21FN4. The molecule has 2 aliphatic rings. The summed E-state index contributed by atoms with van der Waals surface area (Å²) in [5.41, 5.74) is 0.696. The fourth-order valence-corrected chi connectivity index (χ4v) is 3.20. The first-order valence-electron chi connectivity index (χ1n) is 7.06. The molecule has 1 unspecified atom stereocenters. The van der Waals surface area contributed by atoms with Crippen molar-refractivity contribution in [2.24, 2.45) is 0 Å². The van der Waals surface area contributed by atoms with Gasteiger partial charge in [-0.1, -0.05) is 0 Å². The summed E-state index contributed by atoms with van der Waals surface area (Å²) in [5, 5.41) is 3.00. The van der Waals surface area contributed by atoms with Gasteiger partial charge in [-0.2, -0.15) is 0 Å². The highest BCUT2D eigenvalue weighted by atomic mass is 19.1. The van der Waals surface area contributed by atoms with E-state index in [1.54, 1.807) is 12.3 Å². The van der Waals surface area contributed by atoms with Gasteiger partial charge in [-0.3, -0.25) is 4.90 Å². The molecular weight excluding hydrogens is 243 g/mol. The maximum Gasteiger partial charge on any atom is 0.170 e. The van der Waals surface area contributed by atoms with Crippen LogP contribution in [0, 0.1) is 5.82 Å². The highest BCUT2D eigenvalue weighted by Crippen LogP contribution is 2.26. The Kier molecular flexibility index (Phi) is 3.66. The number of fused-ring (bicyclic) bond motifs is 1. The molecule has 3 rings (SSSR count). The molecule has 4 nitrogen and oxygen atoms in total. The van der Waals surface area contributed by atoms with Crippen molar-refractivity contribution in [1.29, 1.82) is 0 Å². The summed E-state index contributed by atoms with van der Waals surface area (Å²) in [5.74, 6) is 0.364.